The third-order valence-corrected chi connectivity index (χ3v) is 9.59. The Labute approximate surface area is 276 Å². The van der Waals surface area contributed by atoms with E-state index in [1.54, 1.807) is 0 Å². The monoisotopic (exact) mass is 610 g/mol. The number of para-hydroxylation sites is 1. The molecule has 48 heavy (non-hydrogen) atoms. The van der Waals surface area contributed by atoms with E-state index >= 15 is 0 Å². The molecule has 10 aromatic rings. The van der Waals surface area contributed by atoms with Gasteiger partial charge in [-0.3, -0.25) is 15.0 Å². The first-order valence-corrected chi connectivity index (χ1v) is 16.1. The number of rotatable bonds is 3. The van der Waals surface area contributed by atoms with Gasteiger partial charge >= 0.3 is 0 Å². The highest BCUT2D eigenvalue weighted by Gasteiger charge is 2.17. The van der Waals surface area contributed by atoms with Gasteiger partial charge in [0.2, 0.25) is 0 Å². The molecule has 0 bridgehead atoms. The number of hydrogen-bond acceptors (Lipinski definition) is 4. The quantitative estimate of drug-likeness (QED) is 0.187. The second kappa shape index (κ2) is 10.5. The van der Waals surface area contributed by atoms with Crippen molar-refractivity contribution in [2.75, 3.05) is 0 Å². The number of aromatic nitrogens is 4. The molecule has 0 aliphatic carbocycles. The summed E-state index contributed by atoms with van der Waals surface area (Å²) >= 11 is 0. The highest BCUT2D eigenvalue weighted by Crippen LogP contribution is 2.43. The van der Waals surface area contributed by atoms with Crippen LogP contribution in [0.3, 0.4) is 0 Å². The molecule has 0 saturated carbocycles. The van der Waals surface area contributed by atoms with E-state index in [0.29, 0.717) is 0 Å². The van der Waals surface area contributed by atoms with Gasteiger partial charge in [-0.2, -0.15) is 0 Å². The van der Waals surface area contributed by atoms with Crippen LogP contribution in [0.5, 0.6) is 0 Å². The Hall–Kier alpha value is -6.52. The highest BCUT2D eigenvalue weighted by atomic mass is 14.7. The lowest BCUT2D eigenvalue weighted by atomic mass is 9.90. The lowest BCUT2D eigenvalue weighted by molar-refractivity contribution is 1.32. The summed E-state index contributed by atoms with van der Waals surface area (Å²) in [7, 11) is 0. The summed E-state index contributed by atoms with van der Waals surface area (Å²) in [4.78, 5) is 19.5. The first kappa shape index (κ1) is 26.7. The van der Waals surface area contributed by atoms with Crippen LogP contribution in [-0.4, -0.2) is 19.9 Å². The molecule has 0 spiro atoms. The van der Waals surface area contributed by atoms with E-state index in [9.17, 15) is 0 Å². The maximum Gasteiger partial charge on any atom is 0.0971 e. The first-order valence-electron chi connectivity index (χ1n) is 16.1. The average molecular weight is 611 g/mol. The molecule has 222 valence electrons. The predicted octanol–water partition coefficient (Wildman–Crippen LogP) is 11.2. The minimum Gasteiger partial charge on any atom is -0.256 e. The van der Waals surface area contributed by atoms with Gasteiger partial charge < -0.3 is 0 Å². The van der Waals surface area contributed by atoms with E-state index in [2.05, 4.69) is 137 Å². The lowest BCUT2D eigenvalue weighted by Crippen LogP contribution is -1.93. The van der Waals surface area contributed by atoms with Crippen LogP contribution in [0.1, 0.15) is 0 Å². The molecule has 0 aliphatic heterocycles. The Kier molecular flexibility index (Phi) is 5.84. The molecule has 0 fully saturated rings. The highest BCUT2D eigenvalue weighted by molar-refractivity contribution is 6.33. The van der Waals surface area contributed by atoms with Crippen LogP contribution in [0.15, 0.2) is 158 Å². The normalized spacial score (nSPS) is 11.8. The summed E-state index contributed by atoms with van der Waals surface area (Å²) in [6, 6.07) is 49.2. The van der Waals surface area contributed by atoms with E-state index in [1.807, 2.05) is 30.7 Å². The molecule has 0 unspecified atom stereocenters. The van der Waals surface area contributed by atoms with Crippen LogP contribution in [0.2, 0.25) is 0 Å². The number of nitrogens with zero attached hydrogens (tertiary/aromatic N) is 4. The fourth-order valence-corrected chi connectivity index (χ4v) is 7.36. The van der Waals surface area contributed by atoms with Gasteiger partial charge in [-0.25, -0.2) is 4.98 Å². The van der Waals surface area contributed by atoms with Crippen molar-refractivity contribution in [2.24, 2.45) is 0 Å². The van der Waals surface area contributed by atoms with Crippen LogP contribution < -0.4 is 0 Å². The molecule has 0 amide bonds. The van der Waals surface area contributed by atoms with Crippen molar-refractivity contribution in [3.8, 4) is 33.6 Å². The van der Waals surface area contributed by atoms with Crippen molar-refractivity contribution >= 4 is 65.0 Å². The minimum atomic E-state index is 0.891. The van der Waals surface area contributed by atoms with Crippen LogP contribution in [0, 0.1) is 0 Å². The molecule has 0 saturated heterocycles. The lowest BCUT2D eigenvalue weighted by Gasteiger charge is -2.16. The van der Waals surface area contributed by atoms with Gasteiger partial charge in [0.15, 0.2) is 0 Å². The standard InChI is InChI=1S/C44H26N4/c1-3-11-34-31(9-1)32-10-2-4-12-35(32)41-40(34)37-13-5-6-14-39(37)48-42(41)29-17-15-27(16-18-29)30-20-22-38(47-26-30)33-23-25-46-44-36(33)21-19-28-8-7-24-45-43(28)44/h1-26H. The number of fused-ring (bicyclic) bond motifs is 11. The summed E-state index contributed by atoms with van der Waals surface area (Å²) in [6.07, 6.45) is 5.62. The Morgan fingerprint density at radius 1 is 0.375 bits per heavy atom. The molecule has 0 N–H and O–H groups in total. The largest absolute Gasteiger partial charge is 0.256 e. The van der Waals surface area contributed by atoms with Gasteiger partial charge in [0.25, 0.3) is 0 Å². The van der Waals surface area contributed by atoms with Gasteiger partial charge in [0, 0.05) is 62.2 Å². The summed E-state index contributed by atoms with van der Waals surface area (Å²) in [5.74, 6) is 0. The van der Waals surface area contributed by atoms with Gasteiger partial charge in [0.05, 0.1) is 27.9 Å². The molecule has 4 aromatic heterocycles. The Balaban J connectivity index is 1.09. The van der Waals surface area contributed by atoms with Crippen LogP contribution in [0.4, 0.5) is 0 Å². The molecule has 4 heteroatoms. The number of hydrogen-bond donors (Lipinski definition) is 0. The first-order chi connectivity index (χ1) is 23.8. The molecular formula is C44H26N4. The van der Waals surface area contributed by atoms with Gasteiger partial charge in [0.1, 0.15) is 0 Å². The maximum absolute atomic E-state index is 5.30. The van der Waals surface area contributed by atoms with Crippen molar-refractivity contribution in [3.63, 3.8) is 0 Å². The molecule has 4 nitrogen and oxygen atoms in total. The SMILES string of the molecule is c1cnc2c(c1)ccc1c(-c3ccc(-c4ccc(-c5nc6ccccc6c6c7ccccc7c7ccccc7c56)cc4)cn3)ccnc12. The fourth-order valence-electron chi connectivity index (χ4n) is 7.36. The van der Waals surface area contributed by atoms with Gasteiger partial charge in [-0.05, 0) is 51.4 Å². The molecule has 6 aromatic carbocycles. The van der Waals surface area contributed by atoms with Crippen LogP contribution in [0.25, 0.3) is 98.7 Å². The molecule has 4 heterocycles. The van der Waals surface area contributed by atoms with Crippen molar-refractivity contribution in [1.29, 1.82) is 0 Å². The number of benzene rings is 6. The van der Waals surface area contributed by atoms with Crippen LogP contribution >= 0.6 is 0 Å². The average Bonchev–Trinajstić information content (AvgIpc) is 3.17. The zero-order chi connectivity index (χ0) is 31.6. The Morgan fingerprint density at radius 2 is 1.04 bits per heavy atom. The topological polar surface area (TPSA) is 51.6 Å². The summed E-state index contributed by atoms with van der Waals surface area (Å²) in [5, 5.41) is 10.7. The van der Waals surface area contributed by atoms with Crippen molar-refractivity contribution < 1.29 is 0 Å². The van der Waals surface area contributed by atoms with E-state index < -0.39 is 0 Å². The molecule has 0 atom stereocenters. The van der Waals surface area contributed by atoms with Gasteiger partial charge in [-0.15, -0.1) is 0 Å². The maximum atomic E-state index is 5.30. The Morgan fingerprint density at radius 3 is 1.81 bits per heavy atom. The summed E-state index contributed by atoms with van der Waals surface area (Å²) < 4.78 is 0. The van der Waals surface area contributed by atoms with Crippen molar-refractivity contribution in [2.45, 2.75) is 0 Å². The van der Waals surface area contributed by atoms with Crippen molar-refractivity contribution in [3.05, 3.63) is 158 Å². The second-order valence-electron chi connectivity index (χ2n) is 12.2. The molecule has 10 rings (SSSR count). The van der Waals surface area contributed by atoms with E-state index in [-0.39, 0.29) is 0 Å². The molecular weight excluding hydrogens is 585 g/mol. The van der Waals surface area contributed by atoms with E-state index in [1.165, 1.54) is 37.7 Å². The fraction of sp³-hybridized carbons (Fsp3) is 0. The van der Waals surface area contributed by atoms with E-state index in [0.717, 1.165) is 61.0 Å². The van der Waals surface area contributed by atoms with Crippen molar-refractivity contribution in [1.82, 2.24) is 19.9 Å². The number of pyridine rings is 4. The smallest absolute Gasteiger partial charge is 0.0971 e. The third kappa shape index (κ3) is 4.03. The Bertz CT molecular complexity index is 2880. The third-order valence-electron chi connectivity index (χ3n) is 9.59. The second-order valence-corrected chi connectivity index (χ2v) is 12.2. The zero-order valence-electron chi connectivity index (χ0n) is 25.8. The zero-order valence-corrected chi connectivity index (χ0v) is 25.8. The molecule has 0 aliphatic rings. The van der Waals surface area contributed by atoms with Gasteiger partial charge in [-0.1, -0.05) is 115 Å². The summed E-state index contributed by atoms with van der Waals surface area (Å²) in [5.41, 5.74) is 8.99. The summed E-state index contributed by atoms with van der Waals surface area (Å²) in [6.45, 7) is 0. The molecule has 0 radical (unpaired) electrons. The van der Waals surface area contributed by atoms with Crippen LogP contribution in [-0.2, 0) is 0 Å². The van der Waals surface area contributed by atoms with E-state index in [4.69, 9.17) is 9.97 Å². The predicted molar refractivity (Wildman–Crippen MR) is 199 cm³/mol. The minimum absolute atomic E-state index is 0.891.